The first-order valence-corrected chi connectivity index (χ1v) is 9.64. The fraction of sp³-hybridized carbons (Fsp3) is 0.409. The lowest BCUT2D eigenvalue weighted by molar-refractivity contribution is -0.121. The Bertz CT molecular complexity index is 652. The minimum Gasteiger partial charge on any atom is -0.369 e. The highest BCUT2D eigenvalue weighted by Crippen LogP contribution is 2.15. The van der Waals surface area contributed by atoms with Crippen molar-refractivity contribution >= 4 is 11.6 Å². The van der Waals surface area contributed by atoms with E-state index >= 15 is 0 Å². The third-order valence-electron chi connectivity index (χ3n) is 4.96. The molecule has 0 unspecified atom stereocenters. The number of anilines is 1. The molecular weight excluding hydrogens is 322 g/mol. The van der Waals surface area contributed by atoms with Crippen LogP contribution in [0.5, 0.6) is 0 Å². The lowest BCUT2D eigenvalue weighted by Gasteiger charge is -2.36. The van der Waals surface area contributed by atoms with E-state index in [1.54, 1.807) is 0 Å². The number of rotatable bonds is 8. The third kappa shape index (κ3) is 5.88. The summed E-state index contributed by atoms with van der Waals surface area (Å²) >= 11 is 0. The van der Waals surface area contributed by atoms with E-state index < -0.39 is 0 Å². The van der Waals surface area contributed by atoms with Gasteiger partial charge in [0.05, 0.1) is 0 Å². The Kier molecular flexibility index (Phi) is 7.08. The number of benzene rings is 2. The van der Waals surface area contributed by atoms with Gasteiger partial charge in [0.2, 0.25) is 5.91 Å². The van der Waals surface area contributed by atoms with Gasteiger partial charge in [-0.2, -0.15) is 0 Å². The van der Waals surface area contributed by atoms with E-state index in [2.05, 4.69) is 69.7 Å². The molecule has 26 heavy (non-hydrogen) atoms. The van der Waals surface area contributed by atoms with Gasteiger partial charge in [0.1, 0.15) is 0 Å². The second-order valence-corrected chi connectivity index (χ2v) is 6.85. The van der Waals surface area contributed by atoms with E-state index in [4.69, 9.17) is 0 Å². The van der Waals surface area contributed by atoms with Gasteiger partial charge in [-0.3, -0.25) is 9.69 Å². The van der Waals surface area contributed by atoms with Crippen molar-refractivity contribution < 1.29 is 4.79 Å². The van der Waals surface area contributed by atoms with Crippen LogP contribution in [-0.2, 0) is 11.2 Å². The number of amides is 1. The topological polar surface area (TPSA) is 35.6 Å². The number of carbonyl (C=O) groups excluding carboxylic acids is 1. The number of aryl methyl sites for hydroxylation is 1. The Hall–Kier alpha value is -2.33. The van der Waals surface area contributed by atoms with E-state index in [0.29, 0.717) is 6.42 Å². The zero-order valence-electron chi connectivity index (χ0n) is 15.4. The number of nitrogens with one attached hydrogen (secondary N) is 1. The van der Waals surface area contributed by atoms with Crippen molar-refractivity contribution in [3.05, 3.63) is 66.2 Å². The highest BCUT2D eigenvalue weighted by Gasteiger charge is 2.17. The smallest absolute Gasteiger partial charge is 0.221 e. The highest BCUT2D eigenvalue weighted by atomic mass is 16.1. The second-order valence-electron chi connectivity index (χ2n) is 6.85. The Morgan fingerprint density at radius 2 is 1.54 bits per heavy atom. The molecule has 1 saturated heterocycles. The minimum absolute atomic E-state index is 0.170. The molecule has 3 rings (SSSR count). The summed E-state index contributed by atoms with van der Waals surface area (Å²) in [5.74, 6) is 0.170. The predicted molar refractivity (Wildman–Crippen MR) is 107 cm³/mol. The van der Waals surface area contributed by atoms with Gasteiger partial charge >= 0.3 is 0 Å². The summed E-state index contributed by atoms with van der Waals surface area (Å²) in [4.78, 5) is 16.8. The summed E-state index contributed by atoms with van der Waals surface area (Å²) in [5.41, 5.74) is 2.63. The molecular formula is C22H29N3O. The van der Waals surface area contributed by atoms with Crippen molar-refractivity contribution in [3.63, 3.8) is 0 Å². The van der Waals surface area contributed by atoms with Gasteiger partial charge in [0.15, 0.2) is 0 Å². The van der Waals surface area contributed by atoms with Crippen molar-refractivity contribution in [1.82, 2.24) is 10.2 Å². The quantitative estimate of drug-likeness (QED) is 0.743. The number of hydrogen-bond donors (Lipinski definition) is 1. The molecule has 2 aromatic rings. The zero-order chi connectivity index (χ0) is 18.0. The van der Waals surface area contributed by atoms with Gasteiger partial charge < -0.3 is 10.2 Å². The van der Waals surface area contributed by atoms with Crippen LogP contribution < -0.4 is 10.2 Å². The van der Waals surface area contributed by atoms with E-state index in [1.807, 2.05) is 6.07 Å². The fourth-order valence-electron chi connectivity index (χ4n) is 3.38. The monoisotopic (exact) mass is 351 g/mol. The summed E-state index contributed by atoms with van der Waals surface area (Å²) in [7, 11) is 0. The van der Waals surface area contributed by atoms with E-state index in [0.717, 1.165) is 52.1 Å². The molecule has 1 heterocycles. The van der Waals surface area contributed by atoms with Crippen LogP contribution in [0.2, 0.25) is 0 Å². The van der Waals surface area contributed by atoms with E-state index in [9.17, 15) is 4.79 Å². The van der Waals surface area contributed by atoms with Gasteiger partial charge in [-0.25, -0.2) is 0 Å². The lowest BCUT2D eigenvalue weighted by Crippen LogP contribution is -2.47. The molecule has 1 aliphatic heterocycles. The maximum atomic E-state index is 12.0. The third-order valence-corrected chi connectivity index (χ3v) is 4.96. The van der Waals surface area contributed by atoms with Crippen molar-refractivity contribution in [2.75, 3.05) is 44.2 Å². The molecule has 1 aliphatic rings. The number of nitrogens with zero attached hydrogens (tertiary/aromatic N) is 2. The summed E-state index contributed by atoms with van der Waals surface area (Å²) in [6.07, 6.45) is 2.60. The highest BCUT2D eigenvalue weighted by molar-refractivity contribution is 5.76. The molecule has 0 aromatic heterocycles. The normalized spacial score (nSPS) is 15.0. The van der Waals surface area contributed by atoms with E-state index in [1.165, 1.54) is 11.3 Å². The first-order chi connectivity index (χ1) is 12.8. The van der Waals surface area contributed by atoms with Crippen molar-refractivity contribution in [2.24, 2.45) is 0 Å². The molecule has 0 bridgehead atoms. The van der Waals surface area contributed by atoms with Crippen LogP contribution in [0.3, 0.4) is 0 Å². The summed E-state index contributed by atoms with van der Waals surface area (Å²) in [6, 6.07) is 21.0. The van der Waals surface area contributed by atoms with Crippen LogP contribution in [0.1, 0.15) is 18.4 Å². The molecule has 0 radical (unpaired) electrons. The van der Waals surface area contributed by atoms with Crippen LogP contribution in [-0.4, -0.2) is 50.1 Å². The van der Waals surface area contributed by atoms with Crippen LogP contribution >= 0.6 is 0 Å². The molecule has 4 nitrogen and oxygen atoms in total. The Morgan fingerprint density at radius 1 is 0.885 bits per heavy atom. The summed E-state index contributed by atoms with van der Waals surface area (Å²) < 4.78 is 0. The second kappa shape index (κ2) is 9.97. The van der Waals surface area contributed by atoms with Crippen LogP contribution in [0.15, 0.2) is 60.7 Å². The van der Waals surface area contributed by atoms with Gasteiger partial charge in [0.25, 0.3) is 0 Å². The first kappa shape index (κ1) is 18.5. The van der Waals surface area contributed by atoms with Gasteiger partial charge in [-0.1, -0.05) is 48.5 Å². The first-order valence-electron chi connectivity index (χ1n) is 9.64. The molecule has 1 amide bonds. The van der Waals surface area contributed by atoms with Crippen molar-refractivity contribution in [3.8, 4) is 0 Å². The van der Waals surface area contributed by atoms with Crippen molar-refractivity contribution in [1.29, 1.82) is 0 Å². The molecule has 4 heteroatoms. The Balaban J connectivity index is 1.27. The largest absolute Gasteiger partial charge is 0.369 e. The van der Waals surface area contributed by atoms with E-state index in [-0.39, 0.29) is 5.91 Å². The lowest BCUT2D eigenvalue weighted by atomic mass is 10.1. The standard InChI is InChI=1S/C22H29N3O/c26-22(23-14-7-10-20-8-3-1-4-9-20)13-15-24-16-18-25(19-17-24)21-11-5-2-6-12-21/h1-6,8-9,11-12H,7,10,13-19H2,(H,23,26). The van der Waals surface area contributed by atoms with Crippen molar-refractivity contribution in [2.45, 2.75) is 19.3 Å². The minimum atomic E-state index is 0.170. The maximum Gasteiger partial charge on any atom is 0.221 e. The summed E-state index contributed by atoms with van der Waals surface area (Å²) in [5, 5.41) is 3.05. The number of para-hydroxylation sites is 1. The molecule has 0 atom stereocenters. The zero-order valence-corrected chi connectivity index (χ0v) is 15.4. The summed E-state index contributed by atoms with van der Waals surface area (Å²) in [6.45, 7) is 5.72. The maximum absolute atomic E-state index is 12.0. The SMILES string of the molecule is O=C(CCN1CCN(c2ccccc2)CC1)NCCCc1ccccc1. The molecule has 138 valence electrons. The molecule has 0 spiro atoms. The number of carbonyl (C=O) groups is 1. The Labute approximate surface area is 156 Å². The predicted octanol–water partition coefficient (Wildman–Crippen LogP) is 2.95. The number of piperazine rings is 1. The van der Waals surface area contributed by atoms with Crippen LogP contribution in [0, 0.1) is 0 Å². The van der Waals surface area contributed by atoms with Gasteiger partial charge in [-0.15, -0.1) is 0 Å². The molecule has 0 saturated carbocycles. The molecule has 0 aliphatic carbocycles. The average molecular weight is 351 g/mol. The Morgan fingerprint density at radius 3 is 2.23 bits per heavy atom. The van der Waals surface area contributed by atoms with Gasteiger partial charge in [-0.05, 0) is 30.5 Å². The fourth-order valence-corrected chi connectivity index (χ4v) is 3.38. The van der Waals surface area contributed by atoms with Crippen LogP contribution in [0.4, 0.5) is 5.69 Å². The van der Waals surface area contributed by atoms with Gasteiger partial charge in [0, 0.05) is 51.4 Å². The number of hydrogen-bond acceptors (Lipinski definition) is 3. The molecule has 1 fully saturated rings. The average Bonchev–Trinajstić information content (AvgIpc) is 2.71. The molecule has 2 aromatic carbocycles. The molecule has 1 N–H and O–H groups in total. The van der Waals surface area contributed by atoms with Crippen LogP contribution in [0.25, 0.3) is 0 Å².